The summed E-state index contributed by atoms with van der Waals surface area (Å²) >= 11 is 1.82. The number of Topliss-reactive ketones (excluding diaryl/α,β-unsaturated/α-hetero) is 1. The van der Waals surface area contributed by atoms with Crippen LogP contribution >= 0.6 is 11.8 Å². The summed E-state index contributed by atoms with van der Waals surface area (Å²) in [5.41, 5.74) is 2.30. The lowest BCUT2D eigenvalue weighted by molar-refractivity contribution is 0.0597. The molecule has 1 N–H and O–H groups in total. The normalized spacial score (nSPS) is 14.5. The van der Waals surface area contributed by atoms with Crippen molar-refractivity contribution in [3.05, 3.63) is 58.7 Å². The molecule has 0 aromatic heterocycles. The Morgan fingerprint density at radius 3 is 2.67 bits per heavy atom. The number of thioether (sulfide) groups is 1. The lowest BCUT2D eigenvalue weighted by Gasteiger charge is -2.32. The third kappa shape index (κ3) is 4.01. The predicted octanol–water partition coefficient (Wildman–Crippen LogP) is 4.19. The van der Waals surface area contributed by atoms with Crippen LogP contribution in [0.3, 0.4) is 0 Å². The molecule has 0 aliphatic carbocycles. The lowest BCUT2D eigenvalue weighted by Crippen LogP contribution is -2.23. The Hall–Kier alpha value is -2.71. The van der Waals surface area contributed by atoms with Gasteiger partial charge < -0.3 is 9.84 Å². The van der Waals surface area contributed by atoms with E-state index in [1.54, 1.807) is 6.07 Å². The number of phenolic OH excluding ortho intramolecular Hbond substituents is 1. The van der Waals surface area contributed by atoms with Crippen LogP contribution in [0.1, 0.15) is 52.1 Å². The topological polar surface area (TPSA) is 63.6 Å². The Morgan fingerprint density at radius 2 is 1.96 bits per heavy atom. The minimum Gasteiger partial charge on any atom is -0.507 e. The van der Waals surface area contributed by atoms with Crippen molar-refractivity contribution in [1.29, 1.82) is 0 Å². The molecule has 0 amide bonds. The van der Waals surface area contributed by atoms with E-state index in [4.69, 9.17) is 0 Å². The van der Waals surface area contributed by atoms with Gasteiger partial charge >= 0.3 is 5.97 Å². The second-order valence-corrected chi connectivity index (χ2v) is 8.13. The number of methoxy groups -OCH3 is 1. The molecule has 3 rings (SSSR count). The highest BCUT2D eigenvalue weighted by Crippen LogP contribution is 2.41. The molecule has 0 radical (unpaired) electrons. The molecule has 1 aliphatic heterocycles. The number of hydrogen-bond donors (Lipinski definition) is 1. The molecule has 0 atom stereocenters. The first-order valence-electron chi connectivity index (χ1n) is 8.57. The quantitative estimate of drug-likeness (QED) is 0.481. The lowest BCUT2D eigenvalue weighted by atomic mass is 9.81. The summed E-state index contributed by atoms with van der Waals surface area (Å²) in [7, 11) is 1.24. The Morgan fingerprint density at radius 1 is 1.19 bits per heavy atom. The van der Waals surface area contributed by atoms with Crippen LogP contribution in [-0.4, -0.2) is 29.7 Å². The molecule has 2 aromatic rings. The minimum absolute atomic E-state index is 0.0415. The van der Waals surface area contributed by atoms with Gasteiger partial charge in [-0.05, 0) is 65.5 Å². The van der Waals surface area contributed by atoms with Gasteiger partial charge in [-0.2, -0.15) is 0 Å². The van der Waals surface area contributed by atoms with Crippen molar-refractivity contribution < 1.29 is 19.4 Å². The van der Waals surface area contributed by atoms with Gasteiger partial charge in [-0.1, -0.05) is 19.8 Å². The highest BCUT2D eigenvalue weighted by atomic mass is 32.2. The van der Waals surface area contributed by atoms with Crippen LogP contribution in [-0.2, 0) is 10.2 Å². The fraction of sp³-hybridized carbons (Fsp3) is 0.273. The fourth-order valence-electron chi connectivity index (χ4n) is 2.97. The van der Waals surface area contributed by atoms with Crippen LogP contribution in [0, 0.1) is 11.8 Å². The van der Waals surface area contributed by atoms with E-state index in [9.17, 15) is 14.7 Å². The van der Waals surface area contributed by atoms with E-state index in [2.05, 4.69) is 30.4 Å². The predicted molar refractivity (Wildman–Crippen MR) is 105 cm³/mol. The van der Waals surface area contributed by atoms with Gasteiger partial charge in [-0.25, -0.2) is 4.79 Å². The van der Waals surface area contributed by atoms with Gasteiger partial charge in [0.05, 0.1) is 7.11 Å². The van der Waals surface area contributed by atoms with Crippen molar-refractivity contribution in [2.75, 3.05) is 12.9 Å². The van der Waals surface area contributed by atoms with Crippen LogP contribution in [0.4, 0.5) is 0 Å². The fourth-order valence-corrected chi connectivity index (χ4v) is 4.46. The Balaban J connectivity index is 1.85. The largest absolute Gasteiger partial charge is 0.507 e. The summed E-state index contributed by atoms with van der Waals surface area (Å²) < 4.78 is 4.58. The molecule has 138 valence electrons. The van der Waals surface area contributed by atoms with E-state index in [-0.39, 0.29) is 22.5 Å². The molecule has 4 nitrogen and oxygen atoms in total. The van der Waals surface area contributed by atoms with Gasteiger partial charge in [0.15, 0.2) is 0 Å². The molecule has 0 saturated carbocycles. The molecule has 0 fully saturated rings. The maximum atomic E-state index is 12.5. The summed E-state index contributed by atoms with van der Waals surface area (Å²) in [6.07, 6.45) is 1.07. The second-order valence-electron chi connectivity index (χ2n) is 7.00. The van der Waals surface area contributed by atoms with E-state index in [0.29, 0.717) is 11.1 Å². The van der Waals surface area contributed by atoms with Gasteiger partial charge in [-0.3, -0.25) is 4.79 Å². The third-order valence-electron chi connectivity index (χ3n) is 4.68. The van der Waals surface area contributed by atoms with Crippen LogP contribution < -0.4 is 0 Å². The van der Waals surface area contributed by atoms with E-state index < -0.39 is 5.97 Å². The number of rotatable bonds is 2. The number of carbonyl (C=O) groups is 2. The Kier molecular flexibility index (Phi) is 5.29. The SMILES string of the molecule is COC(=O)c1ccc(C#CC(=O)c2ccc3c(c2)C(C)(C)CCS3)cc1O. The first kappa shape index (κ1) is 19.1. The van der Waals surface area contributed by atoms with Crippen molar-refractivity contribution in [3.8, 4) is 17.6 Å². The summed E-state index contributed by atoms with van der Waals surface area (Å²) in [5, 5.41) is 9.91. The van der Waals surface area contributed by atoms with Crippen molar-refractivity contribution in [1.82, 2.24) is 0 Å². The first-order chi connectivity index (χ1) is 12.8. The van der Waals surface area contributed by atoms with Gasteiger partial charge in [0.25, 0.3) is 0 Å². The van der Waals surface area contributed by atoms with Gasteiger partial charge in [0.2, 0.25) is 5.78 Å². The molecule has 0 bridgehead atoms. The van der Waals surface area contributed by atoms with Crippen LogP contribution in [0.5, 0.6) is 5.75 Å². The van der Waals surface area contributed by atoms with Crippen molar-refractivity contribution in [2.45, 2.75) is 30.6 Å². The summed E-state index contributed by atoms with van der Waals surface area (Å²) in [5.74, 6) is 5.32. The second kappa shape index (κ2) is 7.50. The van der Waals surface area contributed by atoms with E-state index in [0.717, 1.165) is 12.2 Å². The molecule has 0 unspecified atom stereocenters. The standard InChI is InChI=1S/C22H20O4S/c1-22(2)10-11-27-20-9-6-15(13-17(20)22)18(23)8-5-14-4-7-16(19(24)12-14)21(25)26-3/h4,6-7,9,12-13,24H,10-11H2,1-3H3. The summed E-state index contributed by atoms with van der Waals surface area (Å²) in [6, 6.07) is 10.1. The van der Waals surface area contributed by atoms with Crippen molar-refractivity contribution in [2.24, 2.45) is 0 Å². The molecule has 0 spiro atoms. The molecule has 1 aliphatic rings. The molecule has 27 heavy (non-hydrogen) atoms. The summed E-state index contributed by atoms with van der Waals surface area (Å²) in [4.78, 5) is 25.2. The number of aromatic hydroxyl groups is 1. The zero-order valence-electron chi connectivity index (χ0n) is 15.5. The Labute approximate surface area is 162 Å². The first-order valence-corrected chi connectivity index (χ1v) is 9.55. The zero-order valence-corrected chi connectivity index (χ0v) is 16.3. The van der Waals surface area contributed by atoms with Gasteiger partial charge in [0.1, 0.15) is 11.3 Å². The Bertz CT molecular complexity index is 980. The van der Waals surface area contributed by atoms with Crippen LogP contribution in [0.25, 0.3) is 0 Å². The van der Waals surface area contributed by atoms with Gasteiger partial charge in [-0.15, -0.1) is 11.8 Å². The number of ketones is 1. The molecule has 2 aromatic carbocycles. The summed E-state index contributed by atoms with van der Waals surface area (Å²) in [6.45, 7) is 4.38. The smallest absolute Gasteiger partial charge is 0.341 e. The molecule has 5 heteroatoms. The zero-order chi connectivity index (χ0) is 19.6. The highest BCUT2D eigenvalue weighted by Gasteiger charge is 2.28. The molecule has 0 saturated heterocycles. The average molecular weight is 380 g/mol. The monoisotopic (exact) mass is 380 g/mol. The number of hydrogen-bond acceptors (Lipinski definition) is 5. The number of ether oxygens (including phenoxy) is 1. The van der Waals surface area contributed by atoms with Crippen LogP contribution in [0.2, 0.25) is 0 Å². The maximum Gasteiger partial charge on any atom is 0.341 e. The third-order valence-corrected chi connectivity index (χ3v) is 5.75. The minimum atomic E-state index is -0.627. The molecule has 1 heterocycles. The van der Waals surface area contributed by atoms with Gasteiger partial charge in [0, 0.05) is 16.0 Å². The van der Waals surface area contributed by atoms with E-state index >= 15 is 0 Å². The molecular formula is C22H20O4S. The highest BCUT2D eigenvalue weighted by molar-refractivity contribution is 7.99. The maximum absolute atomic E-state index is 12.5. The number of carbonyl (C=O) groups excluding carboxylic acids is 2. The van der Waals surface area contributed by atoms with E-state index in [1.165, 1.54) is 29.7 Å². The van der Waals surface area contributed by atoms with Crippen molar-refractivity contribution >= 4 is 23.5 Å². The number of benzene rings is 2. The number of phenols is 1. The van der Waals surface area contributed by atoms with Crippen LogP contribution in [0.15, 0.2) is 41.3 Å². The number of esters is 1. The van der Waals surface area contributed by atoms with E-state index in [1.807, 2.05) is 30.0 Å². The van der Waals surface area contributed by atoms with Crippen molar-refractivity contribution in [3.63, 3.8) is 0 Å². The number of fused-ring (bicyclic) bond motifs is 1. The molecular weight excluding hydrogens is 360 g/mol. The average Bonchev–Trinajstić information content (AvgIpc) is 2.65.